The second-order valence-electron chi connectivity index (χ2n) is 13.3. The van der Waals surface area contributed by atoms with Crippen LogP contribution in [0.2, 0.25) is 0 Å². The standard InChI is InChI=1S/C43H30N4O4/c1-43(2)35-25-29(46-39(48)33-17-9-11-19-37(33)44(41(46)50)27-13-5-3-6-14-27)21-23-31(35)32-24-22-30(26-36(32)43)47-40(49)34-18-10-12-20-38(34)45(42(47)51)28-15-7-4-8-16-28/h3-26H,1-2H3. The number of benzene rings is 6. The van der Waals surface area contributed by atoms with Crippen molar-refractivity contribution < 1.29 is 0 Å². The molecular formula is C43H30N4O4. The van der Waals surface area contributed by atoms with Crippen molar-refractivity contribution in [1.82, 2.24) is 18.3 Å². The molecule has 0 saturated carbocycles. The highest BCUT2D eigenvalue weighted by molar-refractivity contribution is 5.84. The van der Waals surface area contributed by atoms with Gasteiger partial charge in [-0.05, 0) is 95.1 Å². The third-order valence-corrected chi connectivity index (χ3v) is 10.1. The first kappa shape index (κ1) is 30.3. The predicted molar refractivity (Wildman–Crippen MR) is 201 cm³/mol. The fraction of sp³-hybridized carbons (Fsp3) is 0.0698. The third-order valence-electron chi connectivity index (χ3n) is 10.1. The predicted octanol–water partition coefficient (Wildman–Crippen LogP) is 6.90. The number of rotatable bonds is 4. The summed E-state index contributed by atoms with van der Waals surface area (Å²) in [6.45, 7) is 4.14. The zero-order valence-electron chi connectivity index (χ0n) is 27.8. The Morgan fingerprint density at radius 1 is 0.392 bits per heavy atom. The molecule has 8 heteroatoms. The van der Waals surface area contributed by atoms with Gasteiger partial charge in [0.15, 0.2) is 0 Å². The molecular weight excluding hydrogens is 636 g/mol. The van der Waals surface area contributed by atoms with Gasteiger partial charge in [0, 0.05) is 5.41 Å². The third kappa shape index (κ3) is 4.39. The lowest BCUT2D eigenvalue weighted by atomic mass is 9.82. The molecule has 0 aliphatic heterocycles. The van der Waals surface area contributed by atoms with E-state index in [1.54, 1.807) is 57.7 Å². The van der Waals surface area contributed by atoms with Gasteiger partial charge in [-0.3, -0.25) is 18.7 Å². The van der Waals surface area contributed by atoms with Crippen LogP contribution in [-0.4, -0.2) is 18.3 Å². The molecule has 0 radical (unpaired) electrons. The van der Waals surface area contributed by atoms with Crippen LogP contribution in [0.3, 0.4) is 0 Å². The molecule has 0 saturated heterocycles. The summed E-state index contributed by atoms with van der Waals surface area (Å²) in [7, 11) is 0. The molecule has 2 aromatic heterocycles. The van der Waals surface area contributed by atoms with E-state index in [1.165, 1.54) is 9.13 Å². The molecule has 0 N–H and O–H groups in total. The van der Waals surface area contributed by atoms with Crippen LogP contribution in [0.5, 0.6) is 0 Å². The Labute approximate surface area is 291 Å². The van der Waals surface area contributed by atoms with Gasteiger partial charge in [-0.15, -0.1) is 0 Å². The van der Waals surface area contributed by atoms with E-state index in [2.05, 4.69) is 13.8 Å². The largest absolute Gasteiger partial charge is 0.340 e. The van der Waals surface area contributed by atoms with Gasteiger partial charge >= 0.3 is 11.4 Å². The molecule has 0 fully saturated rings. The number of fused-ring (bicyclic) bond motifs is 5. The molecule has 0 bridgehead atoms. The number of aromatic nitrogens is 4. The first-order chi connectivity index (χ1) is 24.8. The maximum atomic E-state index is 14.2. The quantitative estimate of drug-likeness (QED) is 0.205. The molecule has 0 amide bonds. The summed E-state index contributed by atoms with van der Waals surface area (Å²) in [5, 5.41) is 0.853. The van der Waals surface area contributed by atoms with Gasteiger partial charge in [-0.2, -0.15) is 0 Å². The Balaban J connectivity index is 1.22. The molecule has 1 aliphatic rings. The number of nitrogens with zero attached hydrogens (tertiary/aromatic N) is 4. The average Bonchev–Trinajstić information content (AvgIpc) is 3.38. The summed E-state index contributed by atoms with van der Waals surface area (Å²) in [5.74, 6) is 0. The highest BCUT2D eigenvalue weighted by Crippen LogP contribution is 2.49. The van der Waals surface area contributed by atoms with Crippen LogP contribution in [0.4, 0.5) is 0 Å². The van der Waals surface area contributed by atoms with Gasteiger partial charge < -0.3 is 0 Å². The Morgan fingerprint density at radius 3 is 1.18 bits per heavy atom. The van der Waals surface area contributed by atoms with Gasteiger partial charge in [0.1, 0.15) is 0 Å². The monoisotopic (exact) mass is 666 g/mol. The first-order valence-corrected chi connectivity index (χ1v) is 16.7. The Bertz CT molecular complexity index is 2770. The van der Waals surface area contributed by atoms with Gasteiger partial charge in [-0.1, -0.05) is 86.6 Å². The van der Waals surface area contributed by atoms with Crippen molar-refractivity contribution in [2.24, 2.45) is 0 Å². The molecule has 6 aromatic carbocycles. The zero-order chi connectivity index (χ0) is 35.0. The van der Waals surface area contributed by atoms with Crippen LogP contribution in [0.1, 0.15) is 25.0 Å². The molecule has 51 heavy (non-hydrogen) atoms. The first-order valence-electron chi connectivity index (χ1n) is 16.7. The highest BCUT2D eigenvalue weighted by atomic mass is 16.2. The summed E-state index contributed by atoms with van der Waals surface area (Å²) < 4.78 is 5.61. The Morgan fingerprint density at radius 2 is 0.765 bits per heavy atom. The second-order valence-corrected chi connectivity index (χ2v) is 13.3. The van der Waals surface area contributed by atoms with Gasteiger partial charge in [0.2, 0.25) is 0 Å². The fourth-order valence-corrected chi connectivity index (χ4v) is 7.62. The van der Waals surface area contributed by atoms with Crippen LogP contribution in [0.15, 0.2) is 165 Å². The molecule has 1 aliphatic carbocycles. The molecule has 8 nitrogen and oxygen atoms in total. The molecule has 246 valence electrons. The lowest BCUT2D eigenvalue weighted by Crippen LogP contribution is -2.38. The van der Waals surface area contributed by atoms with Crippen molar-refractivity contribution in [3.05, 3.63) is 198 Å². The van der Waals surface area contributed by atoms with E-state index in [0.717, 1.165) is 22.3 Å². The lowest BCUT2D eigenvalue weighted by Gasteiger charge is -2.23. The smallest absolute Gasteiger partial charge is 0.268 e. The normalized spacial score (nSPS) is 13.0. The van der Waals surface area contributed by atoms with E-state index in [4.69, 9.17) is 0 Å². The molecule has 0 unspecified atom stereocenters. The van der Waals surface area contributed by atoms with Crippen molar-refractivity contribution >= 4 is 21.8 Å². The molecule has 8 aromatic rings. The molecule has 0 atom stereocenters. The summed E-state index contributed by atoms with van der Waals surface area (Å²) >= 11 is 0. The lowest BCUT2D eigenvalue weighted by molar-refractivity contribution is 0.657. The van der Waals surface area contributed by atoms with E-state index in [-0.39, 0.29) is 0 Å². The second kappa shape index (κ2) is 11.1. The summed E-state index contributed by atoms with van der Waals surface area (Å²) in [4.78, 5) is 56.4. The summed E-state index contributed by atoms with van der Waals surface area (Å²) in [6.07, 6.45) is 0. The molecule has 2 heterocycles. The SMILES string of the molecule is CC1(C)c2cc(-n3c(=O)c4ccccc4n(-c4ccccc4)c3=O)ccc2-c2ccc(-n3c(=O)c4ccccc4n(-c4ccccc4)c3=O)cc21. The number of hydrogen-bond acceptors (Lipinski definition) is 4. The molecule has 0 spiro atoms. The van der Waals surface area contributed by atoms with E-state index in [0.29, 0.717) is 44.6 Å². The van der Waals surface area contributed by atoms with Gasteiger partial charge in [0.25, 0.3) is 11.1 Å². The average molecular weight is 667 g/mol. The van der Waals surface area contributed by atoms with Crippen molar-refractivity contribution in [3.8, 4) is 33.9 Å². The van der Waals surface area contributed by atoms with E-state index >= 15 is 0 Å². The van der Waals surface area contributed by atoms with Crippen molar-refractivity contribution in [2.45, 2.75) is 19.3 Å². The minimum absolute atomic E-state index is 0.399. The fourth-order valence-electron chi connectivity index (χ4n) is 7.62. The molecule has 9 rings (SSSR count). The highest BCUT2D eigenvalue weighted by Gasteiger charge is 2.36. The van der Waals surface area contributed by atoms with Gasteiger partial charge in [0.05, 0.1) is 44.6 Å². The van der Waals surface area contributed by atoms with Crippen LogP contribution >= 0.6 is 0 Å². The minimum atomic E-state index is -0.603. The van der Waals surface area contributed by atoms with E-state index in [1.807, 2.05) is 97.1 Å². The number of hydrogen-bond donors (Lipinski definition) is 0. The van der Waals surface area contributed by atoms with Crippen LogP contribution in [0, 0.1) is 0 Å². The van der Waals surface area contributed by atoms with Crippen molar-refractivity contribution in [3.63, 3.8) is 0 Å². The number of para-hydroxylation sites is 4. The topological polar surface area (TPSA) is 88.0 Å². The summed E-state index contributed by atoms with van der Waals surface area (Å²) in [5.41, 5.74) is 4.71. The minimum Gasteiger partial charge on any atom is -0.268 e. The zero-order valence-corrected chi connectivity index (χ0v) is 27.8. The van der Waals surface area contributed by atoms with E-state index < -0.39 is 27.9 Å². The van der Waals surface area contributed by atoms with Crippen LogP contribution < -0.4 is 22.5 Å². The van der Waals surface area contributed by atoms with Crippen LogP contribution in [0.25, 0.3) is 55.7 Å². The maximum absolute atomic E-state index is 14.2. The Hall–Kier alpha value is -6.80. The van der Waals surface area contributed by atoms with Gasteiger partial charge in [-0.25, -0.2) is 18.7 Å². The summed E-state index contributed by atoms with van der Waals surface area (Å²) in [6, 6.07) is 44.2. The van der Waals surface area contributed by atoms with Crippen molar-refractivity contribution in [2.75, 3.05) is 0 Å². The Kier molecular flexibility index (Phi) is 6.60. The van der Waals surface area contributed by atoms with Crippen molar-refractivity contribution in [1.29, 1.82) is 0 Å². The van der Waals surface area contributed by atoms with Crippen LogP contribution in [-0.2, 0) is 5.41 Å². The maximum Gasteiger partial charge on any atom is 0.340 e. The van der Waals surface area contributed by atoms with E-state index in [9.17, 15) is 19.2 Å².